The normalized spacial score (nSPS) is 11.4. The minimum absolute atomic E-state index is 0.0330. The molecular weight excluding hydrogens is 369 g/mol. The number of aromatic nitrogens is 1. The third kappa shape index (κ3) is 2.80. The highest BCUT2D eigenvalue weighted by Gasteiger charge is 2.18. The van der Waals surface area contributed by atoms with Gasteiger partial charge in [-0.1, -0.05) is 18.2 Å². The molecule has 3 N–H and O–H groups in total. The molecule has 4 rings (SSSR count). The van der Waals surface area contributed by atoms with Gasteiger partial charge in [-0.3, -0.25) is 4.79 Å². The number of rotatable bonds is 4. The Labute approximate surface area is 157 Å². The first-order valence-electron chi connectivity index (χ1n) is 8.48. The van der Waals surface area contributed by atoms with Gasteiger partial charge in [-0.05, 0) is 41.5 Å². The van der Waals surface area contributed by atoms with Gasteiger partial charge in [0.1, 0.15) is 0 Å². The van der Waals surface area contributed by atoms with Crippen LogP contribution in [-0.4, -0.2) is 15.6 Å². The summed E-state index contributed by atoms with van der Waals surface area (Å²) in [4.78, 5) is 11.9. The molecule has 0 spiro atoms. The van der Waals surface area contributed by atoms with E-state index >= 15 is 0 Å². The second-order valence-electron chi connectivity index (χ2n) is 6.53. The lowest BCUT2D eigenvalue weighted by atomic mass is 10.0. The number of aliphatic hydroxyl groups is 1. The van der Waals surface area contributed by atoms with Crippen molar-refractivity contribution in [1.82, 2.24) is 4.57 Å². The summed E-state index contributed by atoms with van der Waals surface area (Å²) in [6, 6.07) is 12.1. The average Bonchev–Trinajstić information content (AvgIpc) is 2.99. The van der Waals surface area contributed by atoms with E-state index in [0.717, 1.165) is 12.1 Å². The number of aliphatic hydroxyl groups excluding tert-OH is 1. The van der Waals surface area contributed by atoms with Crippen molar-refractivity contribution >= 4 is 27.7 Å². The van der Waals surface area contributed by atoms with E-state index < -0.39 is 23.4 Å². The standard InChI is InChI=1S/C21H15F3N2O2/c22-15-6-12(7-16(23)20(15)24)9-26-17-3-1-2-14(21(25)28)19(17)13-5-4-11(10-27)8-18(13)26/h1-8,27H,9-10H2,(H2,25,28). The van der Waals surface area contributed by atoms with Crippen LogP contribution in [-0.2, 0) is 13.2 Å². The van der Waals surface area contributed by atoms with Crippen molar-refractivity contribution in [2.75, 3.05) is 0 Å². The molecule has 4 aromatic rings. The minimum Gasteiger partial charge on any atom is -0.392 e. The van der Waals surface area contributed by atoms with Crippen LogP contribution in [0.25, 0.3) is 21.8 Å². The molecule has 0 saturated heterocycles. The van der Waals surface area contributed by atoms with Gasteiger partial charge in [0.25, 0.3) is 0 Å². The summed E-state index contributed by atoms with van der Waals surface area (Å²) in [6.45, 7) is -0.162. The van der Waals surface area contributed by atoms with E-state index in [0.29, 0.717) is 32.9 Å². The van der Waals surface area contributed by atoms with E-state index in [2.05, 4.69) is 0 Å². The Bertz CT molecular complexity index is 1220. The average molecular weight is 384 g/mol. The zero-order chi connectivity index (χ0) is 20.0. The Morgan fingerprint density at radius 3 is 2.32 bits per heavy atom. The summed E-state index contributed by atoms with van der Waals surface area (Å²) in [7, 11) is 0. The molecular formula is C21H15F3N2O2. The number of benzene rings is 3. The summed E-state index contributed by atoms with van der Waals surface area (Å²) in [5.41, 5.74) is 7.96. The van der Waals surface area contributed by atoms with Gasteiger partial charge < -0.3 is 15.4 Å². The van der Waals surface area contributed by atoms with Crippen LogP contribution in [0.15, 0.2) is 48.5 Å². The first-order chi connectivity index (χ1) is 13.4. The molecule has 1 amide bonds. The van der Waals surface area contributed by atoms with Gasteiger partial charge in [0.15, 0.2) is 17.5 Å². The van der Waals surface area contributed by atoms with Crippen molar-refractivity contribution in [2.45, 2.75) is 13.2 Å². The smallest absolute Gasteiger partial charge is 0.249 e. The molecule has 0 aliphatic heterocycles. The maximum Gasteiger partial charge on any atom is 0.249 e. The predicted molar refractivity (Wildman–Crippen MR) is 99.3 cm³/mol. The van der Waals surface area contributed by atoms with Gasteiger partial charge in [-0.2, -0.15) is 0 Å². The van der Waals surface area contributed by atoms with Crippen LogP contribution in [0.2, 0.25) is 0 Å². The van der Waals surface area contributed by atoms with Crippen molar-refractivity contribution in [1.29, 1.82) is 0 Å². The Morgan fingerprint density at radius 2 is 1.68 bits per heavy atom. The van der Waals surface area contributed by atoms with Crippen molar-refractivity contribution < 1.29 is 23.1 Å². The lowest BCUT2D eigenvalue weighted by Gasteiger charge is -2.10. The molecule has 1 heterocycles. The molecule has 0 aliphatic carbocycles. The van der Waals surface area contributed by atoms with Crippen LogP contribution < -0.4 is 5.73 Å². The molecule has 142 valence electrons. The molecule has 3 aromatic carbocycles. The molecule has 4 nitrogen and oxygen atoms in total. The zero-order valence-electron chi connectivity index (χ0n) is 14.5. The maximum atomic E-state index is 13.7. The van der Waals surface area contributed by atoms with E-state index in [1.165, 1.54) is 0 Å². The second-order valence-corrected chi connectivity index (χ2v) is 6.53. The van der Waals surface area contributed by atoms with Crippen molar-refractivity contribution in [2.24, 2.45) is 5.73 Å². The maximum absolute atomic E-state index is 13.7. The lowest BCUT2D eigenvalue weighted by molar-refractivity contribution is 0.100. The van der Waals surface area contributed by atoms with Gasteiger partial charge in [0.2, 0.25) is 5.91 Å². The number of hydrogen-bond donors (Lipinski definition) is 2. The Hall–Kier alpha value is -3.32. The summed E-state index contributed by atoms with van der Waals surface area (Å²) < 4.78 is 42.4. The fraction of sp³-hybridized carbons (Fsp3) is 0.0952. The van der Waals surface area contributed by atoms with Crippen molar-refractivity contribution in [3.05, 3.63) is 82.7 Å². The monoisotopic (exact) mass is 384 g/mol. The number of fused-ring (bicyclic) bond motifs is 3. The van der Waals surface area contributed by atoms with Gasteiger partial charge in [0, 0.05) is 28.4 Å². The number of nitrogens with zero attached hydrogens (tertiary/aromatic N) is 1. The van der Waals surface area contributed by atoms with Crippen molar-refractivity contribution in [3.8, 4) is 0 Å². The number of hydrogen-bond acceptors (Lipinski definition) is 2. The Kier molecular flexibility index (Phi) is 4.31. The highest BCUT2D eigenvalue weighted by atomic mass is 19.2. The molecule has 0 atom stereocenters. The molecule has 0 radical (unpaired) electrons. The Balaban J connectivity index is 2.03. The second kappa shape index (κ2) is 6.69. The number of halogens is 3. The molecule has 0 unspecified atom stereocenters. The van der Waals surface area contributed by atoms with E-state index in [9.17, 15) is 23.1 Å². The third-order valence-electron chi connectivity index (χ3n) is 4.79. The topological polar surface area (TPSA) is 68.2 Å². The molecule has 0 fully saturated rings. The predicted octanol–water partition coefficient (Wildman–Crippen LogP) is 3.85. The number of primary amides is 1. The third-order valence-corrected chi connectivity index (χ3v) is 4.79. The molecule has 28 heavy (non-hydrogen) atoms. The molecule has 0 bridgehead atoms. The number of nitrogens with two attached hydrogens (primary N) is 1. The minimum atomic E-state index is -1.52. The quantitative estimate of drug-likeness (QED) is 0.525. The van der Waals surface area contributed by atoms with Crippen LogP contribution in [0, 0.1) is 17.5 Å². The van der Waals surface area contributed by atoms with Crippen LogP contribution >= 0.6 is 0 Å². The highest BCUT2D eigenvalue weighted by molar-refractivity contribution is 6.17. The number of carbonyl (C=O) groups excluding carboxylic acids is 1. The van der Waals surface area contributed by atoms with Crippen LogP contribution in [0.5, 0.6) is 0 Å². The SMILES string of the molecule is NC(=O)c1cccc2c1c1ccc(CO)cc1n2Cc1cc(F)c(F)c(F)c1. The zero-order valence-corrected chi connectivity index (χ0v) is 14.5. The van der Waals surface area contributed by atoms with E-state index in [-0.39, 0.29) is 18.7 Å². The van der Waals surface area contributed by atoms with Gasteiger partial charge in [-0.25, -0.2) is 13.2 Å². The first kappa shape index (κ1) is 18.1. The summed E-state index contributed by atoms with van der Waals surface area (Å²) in [5.74, 6) is -4.67. The van der Waals surface area contributed by atoms with Gasteiger partial charge >= 0.3 is 0 Å². The molecule has 7 heteroatoms. The fourth-order valence-corrected chi connectivity index (χ4v) is 3.55. The molecule has 1 aromatic heterocycles. The van der Waals surface area contributed by atoms with Gasteiger partial charge in [-0.15, -0.1) is 0 Å². The number of carbonyl (C=O) groups is 1. The summed E-state index contributed by atoms with van der Waals surface area (Å²) >= 11 is 0. The molecule has 0 aliphatic rings. The summed E-state index contributed by atoms with van der Waals surface area (Å²) in [6.07, 6.45) is 0. The van der Waals surface area contributed by atoms with Crippen LogP contribution in [0.3, 0.4) is 0 Å². The largest absolute Gasteiger partial charge is 0.392 e. The Morgan fingerprint density at radius 1 is 0.964 bits per heavy atom. The molecule has 0 saturated carbocycles. The first-order valence-corrected chi connectivity index (χ1v) is 8.48. The van der Waals surface area contributed by atoms with Gasteiger partial charge in [0.05, 0.1) is 12.1 Å². The van der Waals surface area contributed by atoms with E-state index in [1.807, 2.05) is 0 Å². The summed E-state index contributed by atoms with van der Waals surface area (Å²) in [5, 5.41) is 10.8. The van der Waals surface area contributed by atoms with Crippen LogP contribution in [0.1, 0.15) is 21.5 Å². The number of amides is 1. The van der Waals surface area contributed by atoms with E-state index in [1.54, 1.807) is 41.0 Å². The highest BCUT2D eigenvalue weighted by Crippen LogP contribution is 2.33. The fourth-order valence-electron chi connectivity index (χ4n) is 3.55. The lowest BCUT2D eigenvalue weighted by Crippen LogP contribution is -2.11. The van der Waals surface area contributed by atoms with Crippen molar-refractivity contribution in [3.63, 3.8) is 0 Å². The van der Waals surface area contributed by atoms with Crippen LogP contribution in [0.4, 0.5) is 13.2 Å². The van der Waals surface area contributed by atoms with E-state index in [4.69, 9.17) is 5.73 Å².